The predicted molar refractivity (Wildman–Crippen MR) is 95.3 cm³/mol. The Morgan fingerprint density at radius 3 is 2.25 bits per heavy atom. The first-order chi connectivity index (χ1) is 11.7. The fourth-order valence-electron chi connectivity index (χ4n) is 3.52. The van der Waals surface area contributed by atoms with Crippen LogP contribution in [-0.4, -0.2) is 14.2 Å². The molecule has 3 heteroatoms. The second-order valence-electron chi connectivity index (χ2n) is 6.14. The summed E-state index contributed by atoms with van der Waals surface area (Å²) in [6.07, 6.45) is 0.00131. The van der Waals surface area contributed by atoms with Gasteiger partial charge in [-0.05, 0) is 23.8 Å². The Morgan fingerprint density at radius 2 is 1.58 bits per heavy atom. The predicted octanol–water partition coefficient (Wildman–Crippen LogP) is 5.09. The number of ether oxygens (including phenoxy) is 3. The quantitative estimate of drug-likeness (QED) is 0.672. The third-order valence-corrected chi connectivity index (χ3v) is 4.84. The number of methoxy groups -OCH3 is 2. The van der Waals surface area contributed by atoms with Gasteiger partial charge in [0.2, 0.25) is 0 Å². The molecule has 0 bridgehead atoms. The van der Waals surface area contributed by atoms with E-state index in [1.807, 2.05) is 24.3 Å². The molecule has 3 aromatic carbocycles. The Bertz CT molecular complexity index is 883. The van der Waals surface area contributed by atoms with Crippen molar-refractivity contribution in [1.29, 1.82) is 0 Å². The summed E-state index contributed by atoms with van der Waals surface area (Å²) in [5, 5.41) is 2.19. The molecule has 0 aliphatic carbocycles. The van der Waals surface area contributed by atoms with Crippen LogP contribution in [0.2, 0.25) is 0 Å². The SMILES string of the molecule is COc1ccc([C@@H]2Oc3c(cc(OC)c4ccccc34)[C@H]2C)cc1. The van der Waals surface area contributed by atoms with Crippen molar-refractivity contribution in [3.8, 4) is 17.2 Å². The van der Waals surface area contributed by atoms with E-state index in [-0.39, 0.29) is 12.0 Å². The highest BCUT2D eigenvalue weighted by atomic mass is 16.5. The molecule has 0 N–H and O–H groups in total. The molecule has 3 nitrogen and oxygen atoms in total. The first kappa shape index (κ1) is 14.9. The van der Waals surface area contributed by atoms with Crippen molar-refractivity contribution >= 4 is 10.8 Å². The summed E-state index contributed by atoms with van der Waals surface area (Å²) in [6, 6.07) is 18.5. The van der Waals surface area contributed by atoms with Gasteiger partial charge in [0.1, 0.15) is 23.4 Å². The summed E-state index contributed by atoms with van der Waals surface area (Å²) < 4.78 is 17.2. The highest BCUT2D eigenvalue weighted by molar-refractivity contribution is 5.95. The minimum atomic E-state index is 0.00131. The molecular formula is C21H20O3. The van der Waals surface area contributed by atoms with Gasteiger partial charge in [-0.25, -0.2) is 0 Å². The zero-order chi connectivity index (χ0) is 16.7. The van der Waals surface area contributed by atoms with Crippen LogP contribution >= 0.6 is 0 Å². The number of hydrogen-bond donors (Lipinski definition) is 0. The van der Waals surface area contributed by atoms with Crippen LogP contribution in [0.5, 0.6) is 17.2 Å². The van der Waals surface area contributed by atoms with Crippen LogP contribution in [0, 0.1) is 0 Å². The molecule has 0 saturated heterocycles. The van der Waals surface area contributed by atoms with Crippen molar-refractivity contribution in [2.24, 2.45) is 0 Å². The number of hydrogen-bond acceptors (Lipinski definition) is 3. The van der Waals surface area contributed by atoms with E-state index < -0.39 is 0 Å². The average Bonchev–Trinajstić information content (AvgIpc) is 2.98. The van der Waals surface area contributed by atoms with E-state index >= 15 is 0 Å². The second kappa shape index (κ2) is 5.75. The van der Waals surface area contributed by atoms with Crippen LogP contribution < -0.4 is 14.2 Å². The minimum Gasteiger partial charge on any atom is -0.497 e. The summed E-state index contributed by atoms with van der Waals surface area (Å²) in [5.74, 6) is 2.98. The highest BCUT2D eigenvalue weighted by Crippen LogP contribution is 2.51. The molecule has 2 atom stereocenters. The van der Waals surface area contributed by atoms with E-state index in [0.29, 0.717) is 0 Å². The fraction of sp³-hybridized carbons (Fsp3) is 0.238. The van der Waals surface area contributed by atoms with Crippen molar-refractivity contribution in [2.45, 2.75) is 18.9 Å². The Morgan fingerprint density at radius 1 is 0.875 bits per heavy atom. The molecular weight excluding hydrogens is 300 g/mol. The molecule has 24 heavy (non-hydrogen) atoms. The third-order valence-electron chi connectivity index (χ3n) is 4.84. The van der Waals surface area contributed by atoms with Gasteiger partial charge in [-0.15, -0.1) is 0 Å². The number of rotatable bonds is 3. The smallest absolute Gasteiger partial charge is 0.131 e. The summed E-state index contributed by atoms with van der Waals surface area (Å²) in [7, 11) is 3.40. The van der Waals surface area contributed by atoms with Crippen molar-refractivity contribution in [3.63, 3.8) is 0 Å². The molecule has 0 spiro atoms. The molecule has 1 aliphatic rings. The maximum absolute atomic E-state index is 6.40. The standard InChI is InChI=1S/C21H20O3/c1-13-18-12-19(23-3)16-6-4-5-7-17(16)21(18)24-20(13)14-8-10-15(22-2)11-9-14/h4-13,20H,1-3H3/t13-,20-/m1/s1. The first-order valence-corrected chi connectivity index (χ1v) is 8.13. The molecule has 0 unspecified atom stereocenters. The van der Waals surface area contributed by atoms with Crippen LogP contribution in [0.3, 0.4) is 0 Å². The molecule has 122 valence electrons. The Labute approximate surface area is 141 Å². The minimum absolute atomic E-state index is 0.00131. The molecule has 3 aromatic rings. The van der Waals surface area contributed by atoms with Crippen molar-refractivity contribution < 1.29 is 14.2 Å². The van der Waals surface area contributed by atoms with Gasteiger partial charge in [-0.1, -0.05) is 43.3 Å². The zero-order valence-electron chi connectivity index (χ0n) is 14.1. The lowest BCUT2D eigenvalue weighted by atomic mass is 9.91. The summed E-state index contributed by atoms with van der Waals surface area (Å²) in [4.78, 5) is 0. The Balaban J connectivity index is 1.81. The first-order valence-electron chi connectivity index (χ1n) is 8.13. The van der Waals surface area contributed by atoms with Crippen LogP contribution in [0.4, 0.5) is 0 Å². The molecule has 0 saturated carbocycles. The third kappa shape index (κ3) is 2.20. The zero-order valence-corrected chi connectivity index (χ0v) is 14.1. The van der Waals surface area contributed by atoms with E-state index in [2.05, 4.69) is 37.3 Å². The summed E-state index contributed by atoms with van der Waals surface area (Å²) >= 11 is 0. The van der Waals surface area contributed by atoms with E-state index in [9.17, 15) is 0 Å². The van der Waals surface area contributed by atoms with Crippen LogP contribution in [0.1, 0.15) is 30.1 Å². The van der Waals surface area contributed by atoms with Crippen molar-refractivity contribution in [3.05, 3.63) is 65.7 Å². The van der Waals surface area contributed by atoms with Gasteiger partial charge in [0.15, 0.2) is 0 Å². The van der Waals surface area contributed by atoms with Crippen molar-refractivity contribution in [1.82, 2.24) is 0 Å². The average molecular weight is 320 g/mol. The largest absolute Gasteiger partial charge is 0.497 e. The van der Waals surface area contributed by atoms with Crippen LogP contribution in [-0.2, 0) is 0 Å². The monoisotopic (exact) mass is 320 g/mol. The molecule has 1 aliphatic heterocycles. The van der Waals surface area contributed by atoms with Gasteiger partial charge in [-0.3, -0.25) is 0 Å². The van der Waals surface area contributed by atoms with Crippen molar-refractivity contribution in [2.75, 3.05) is 14.2 Å². The lowest BCUT2D eigenvalue weighted by Crippen LogP contribution is -2.07. The highest BCUT2D eigenvalue weighted by Gasteiger charge is 2.34. The molecule has 0 aromatic heterocycles. The maximum Gasteiger partial charge on any atom is 0.131 e. The molecule has 0 radical (unpaired) electrons. The van der Waals surface area contributed by atoms with Crippen LogP contribution in [0.15, 0.2) is 54.6 Å². The second-order valence-corrected chi connectivity index (χ2v) is 6.14. The van der Waals surface area contributed by atoms with Gasteiger partial charge >= 0.3 is 0 Å². The molecule has 1 heterocycles. The van der Waals surface area contributed by atoms with Gasteiger partial charge in [-0.2, -0.15) is 0 Å². The Hall–Kier alpha value is -2.68. The molecule has 4 rings (SSSR count). The van der Waals surface area contributed by atoms with Gasteiger partial charge in [0, 0.05) is 22.3 Å². The van der Waals surface area contributed by atoms with Gasteiger partial charge in [0.05, 0.1) is 14.2 Å². The normalized spacial score (nSPS) is 19.0. The summed E-state index contributed by atoms with van der Waals surface area (Å²) in [6.45, 7) is 2.20. The molecule has 0 fully saturated rings. The van der Waals surface area contributed by atoms with Gasteiger partial charge in [0.25, 0.3) is 0 Å². The fourth-order valence-corrected chi connectivity index (χ4v) is 3.52. The van der Waals surface area contributed by atoms with Gasteiger partial charge < -0.3 is 14.2 Å². The lowest BCUT2D eigenvalue weighted by molar-refractivity contribution is 0.218. The lowest BCUT2D eigenvalue weighted by Gasteiger charge is -2.16. The Kier molecular flexibility index (Phi) is 3.57. The maximum atomic E-state index is 6.40. The molecule has 0 amide bonds. The van der Waals surface area contributed by atoms with Crippen LogP contribution in [0.25, 0.3) is 10.8 Å². The number of fused-ring (bicyclic) bond motifs is 3. The topological polar surface area (TPSA) is 27.7 Å². The van der Waals surface area contributed by atoms with E-state index in [0.717, 1.165) is 33.6 Å². The van der Waals surface area contributed by atoms with E-state index in [1.54, 1.807) is 14.2 Å². The number of benzene rings is 3. The summed E-state index contributed by atoms with van der Waals surface area (Å²) in [5.41, 5.74) is 2.36. The van der Waals surface area contributed by atoms with E-state index in [4.69, 9.17) is 14.2 Å². The van der Waals surface area contributed by atoms with E-state index in [1.165, 1.54) is 5.56 Å².